The fraction of sp³-hybridized carbons (Fsp3) is 0.455. The molecule has 0 aliphatic rings. The summed E-state index contributed by atoms with van der Waals surface area (Å²) in [5, 5.41) is 0. The third-order valence-corrected chi connectivity index (χ3v) is 3.00. The van der Waals surface area contributed by atoms with Gasteiger partial charge in [0, 0.05) is 20.6 Å². The van der Waals surface area contributed by atoms with Gasteiger partial charge in [-0.15, -0.1) is 0 Å². The van der Waals surface area contributed by atoms with Crippen LogP contribution in [-0.2, 0) is 30.2 Å². The highest BCUT2D eigenvalue weighted by Gasteiger charge is 2.14. The third kappa shape index (κ3) is 2.05. The van der Waals surface area contributed by atoms with Gasteiger partial charge in [-0.3, -0.25) is 18.7 Å². The van der Waals surface area contributed by atoms with Crippen LogP contribution in [0.5, 0.6) is 0 Å². The number of fused-ring (bicyclic) bond motifs is 1. The molecule has 2 heterocycles. The molecule has 0 radical (unpaired) electrons. The summed E-state index contributed by atoms with van der Waals surface area (Å²) in [6, 6.07) is 0. The number of carbonyl (C=O) groups excluding carboxylic acids is 1. The summed E-state index contributed by atoms with van der Waals surface area (Å²) in [7, 11) is 4.25. The first-order valence-electron chi connectivity index (χ1n) is 5.65. The summed E-state index contributed by atoms with van der Waals surface area (Å²) in [6.45, 7) is 0.274. The maximum Gasteiger partial charge on any atom is 0.332 e. The van der Waals surface area contributed by atoms with Crippen molar-refractivity contribution in [2.75, 3.05) is 7.11 Å². The van der Waals surface area contributed by atoms with Gasteiger partial charge in [0.1, 0.15) is 0 Å². The van der Waals surface area contributed by atoms with Crippen LogP contribution in [0.1, 0.15) is 6.42 Å². The molecule has 0 saturated carbocycles. The van der Waals surface area contributed by atoms with Crippen LogP contribution in [0, 0.1) is 0 Å². The van der Waals surface area contributed by atoms with Crippen molar-refractivity contribution >= 4 is 17.1 Å². The summed E-state index contributed by atoms with van der Waals surface area (Å²) in [4.78, 5) is 39.0. The van der Waals surface area contributed by atoms with E-state index in [-0.39, 0.29) is 18.9 Å². The van der Waals surface area contributed by atoms with Gasteiger partial charge in [-0.2, -0.15) is 0 Å². The lowest BCUT2D eigenvalue weighted by Gasteiger charge is -2.05. The van der Waals surface area contributed by atoms with Gasteiger partial charge in [0.15, 0.2) is 11.2 Å². The molecule has 2 aromatic heterocycles. The van der Waals surface area contributed by atoms with E-state index < -0.39 is 11.2 Å². The van der Waals surface area contributed by atoms with Gasteiger partial charge in [0.05, 0.1) is 19.9 Å². The average Bonchev–Trinajstić information content (AvgIpc) is 2.84. The molecule has 8 nitrogen and oxygen atoms in total. The highest BCUT2D eigenvalue weighted by atomic mass is 16.5. The van der Waals surface area contributed by atoms with Crippen molar-refractivity contribution in [3.05, 3.63) is 27.2 Å². The number of carbonyl (C=O) groups is 1. The Kier molecular flexibility index (Phi) is 3.24. The molecule has 0 saturated heterocycles. The number of aromatic nitrogens is 4. The molecule has 0 aliphatic carbocycles. The van der Waals surface area contributed by atoms with Gasteiger partial charge < -0.3 is 9.30 Å². The van der Waals surface area contributed by atoms with Crippen molar-refractivity contribution in [3.8, 4) is 0 Å². The Morgan fingerprint density at radius 3 is 2.63 bits per heavy atom. The van der Waals surface area contributed by atoms with E-state index in [4.69, 9.17) is 0 Å². The zero-order valence-corrected chi connectivity index (χ0v) is 10.9. The SMILES string of the molecule is COC(=O)CCn1cnc2c1c(=O)n(C)c(=O)n2C. The number of methoxy groups -OCH3 is 1. The van der Waals surface area contributed by atoms with Gasteiger partial charge in [0.25, 0.3) is 5.56 Å². The minimum Gasteiger partial charge on any atom is -0.469 e. The predicted molar refractivity (Wildman–Crippen MR) is 66.8 cm³/mol. The minimum absolute atomic E-state index is 0.133. The van der Waals surface area contributed by atoms with Crippen molar-refractivity contribution in [3.63, 3.8) is 0 Å². The number of nitrogens with zero attached hydrogens (tertiary/aromatic N) is 4. The van der Waals surface area contributed by atoms with Gasteiger partial charge >= 0.3 is 11.7 Å². The largest absolute Gasteiger partial charge is 0.469 e. The number of ether oxygens (including phenoxy) is 1. The Bertz CT molecular complexity index is 752. The van der Waals surface area contributed by atoms with Gasteiger partial charge in [0.2, 0.25) is 0 Å². The van der Waals surface area contributed by atoms with Gasteiger partial charge in [-0.1, -0.05) is 0 Å². The van der Waals surface area contributed by atoms with E-state index in [9.17, 15) is 14.4 Å². The summed E-state index contributed by atoms with van der Waals surface area (Å²) < 4.78 is 8.41. The maximum atomic E-state index is 12.1. The van der Waals surface area contributed by atoms with Gasteiger partial charge in [-0.05, 0) is 0 Å². The Morgan fingerprint density at radius 1 is 1.32 bits per heavy atom. The van der Waals surface area contributed by atoms with E-state index in [1.165, 1.54) is 25.1 Å². The first-order chi connectivity index (χ1) is 8.97. The predicted octanol–water partition coefficient (Wildman–Crippen LogP) is -1.00. The van der Waals surface area contributed by atoms with Crippen molar-refractivity contribution in [1.82, 2.24) is 18.7 Å². The molecular formula is C11H14N4O4. The molecule has 0 N–H and O–H groups in total. The molecule has 0 aromatic carbocycles. The number of esters is 1. The Hall–Kier alpha value is -2.38. The molecule has 8 heteroatoms. The van der Waals surface area contributed by atoms with Crippen LogP contribution in [-0.4, -0.2) is 31.8 Å². The molecule has 0 bridgehead atoms. The molecule has 0 spiro atoms. The summed E-state index contributed by atoms with van der Waals surface area (Å²) in [5.41, 5.74) is -0.261. The van der Waals surface area contributed by atoms with E-state index in [1.807, 2.05) is 0 Å². The first kappa shape index (κ1) is 13.1. The van der Waals surface area contributed by atoms with Crippen molar-refractivity contribution in [2.24, 2.45) is 14.1 Å². The van der Waals surface area contributed by atoms with Crippen LogP contribution >= 0.6 is 0 Å². The Balaban J connectivity index is 2.57. The molecule has 0 fully saturated rings. The monoisotopic (exact) mass is 266 g/mol. The van der Waals surface area contributed by atoms with Crippen molar-refractivity contribution < 1.29 is 9.53 Å². The van der Waals surface area contributed by atoms with Crippen LogP contribution in [0.4, 0.5) is 0 Å². The molecular weight excluding hydrogens is 252 g/mol. The number of rotatable bonds is 3. The van der Waals surface area contributed by atoms with Crippen LogP contribution < -0.4 is 11.2 Å². The highest BCUT2D eigenvalue weighted by Crippen LogP contribution is 2.06. The fourth-order valence-electron chi connectivity index (χ4n) is 1.88. The smallest absolute Gasteiger partial charge is 0.332 e. The molecule has 0 amide bonds. The van der Waals surface area contributed by atoms with Crippen molar-refractivity contribution in [1.29, 1.82) is 0 Å². The second-order valence-corrected chi connectivity index (χ2v) is 4.14. The van der Waals surface area contributed by atoms with Crippen LogP contribution in [0.15, 0.2) is 15.9 Å². The maximum absolute atomic E-state index is 12.1. The Morgan fingerprint density at radius 2 is 2.00 bits per heavy atom. The normalized spacial score (nSPS) is 10.9. The number of hydrogen-bond donors (Lipinski definition) is 0. The topological polar surface area (TPSA) is 88.1 Å². The second kappa shape index (κ2) is 4.71. The van der Waals surface area contributed by atoms with Gasteiger partial charge in [-0.25, -0.2) is 9.78 Å². The quantitative estimate of drug-likeness (QED) is 0.665. The van der Waals surface area contributed by atoms with Crippen LogP contribution in [0.3, 0.4) is 0 Å². The number of hydrogen-bond acceptors (Lipinski definition) is 5. The third-order valence-electron chi connectivity index (χ3n) is 3.00. The van der Waals surface area contributed by atoms with E-state index in [0.29, 0.717) is 11.2 Å². The Labute approximate surface area is 107 Å². The van der Waals surface area contributed by atoms with Crippen LogP contribution in [0.25, 0.3) is 11.2 Å². The number of aryl methyl sites for hydroxylation is 2. The van der Waals surface area contributed by atoms with Crippen molar-refractivity contribution in [2.45, 2.75) is 13.0 Å². The van der Waals surface area contributed by atoms with E-state index in [1.54, 1.807) is 11.6 Å². The lowest BCUT2D eigenvalue weighted by molar-refractivity contribution is -0.140. The zero-order valence-electron chi connectivity index (χ0n) is 10.9. The van der Waals surface area contributed by atoms with Crippen LogP contribution in [0.2, 0.25) is 0 Å². The molecule has 19 heavy (non-hydrogen) atoms. The summed E-state index contributed by atoms with van der Waals surface area (Å²) >= 11 is 0. The lowest BCUT2D eigenvalue weighted by Crippen LogP contribution is -2.37. The molecule has 0 aliphatic heterocycles. The minimum atomic E-state index is -0.435. The molecule has 0 atom stereocenters. The average molecular weight is 266 g/mol. The highest BCUT2D eigenvalue weighted by molar-refractivity contribution is 5.71. The van der Waals surface area contributed by atoms with E-state index >= 15 is 0 Å². The molecule has 2 rings (SSSR count). The lowest BCUT2D eigenvalue weighted by atomic mass is 10.4. The zero-order chi connectivity index (χ0) is 14.2. The molecule has 102 valence electrons. The van der Waals surface area contributed by atoms with E-state index in [0.717, 1.165) is 4.57 Å². The molecule has 2 aromatic rings. The summed E-state index contributed by atoms with van der Waals surface area (Å²) in [5.74, 6) is -0.372. The van der Waals surface area contributed by atoms with E-state index in [2.05, 4.69) is 9.72 Å². The second-order valence-electron chi connectivity index (χ2n) is 4.14. The summed E-state index contributed by atoms with van der Waals surface area (Å²) in [6.07, 6.45) is 1.57. The standard InChI is InChI=1S/C11H14N4O4/c1-13-9-8(10(17)14(2)11(13)18)15(6-12-9)5-4-7(16)19-3/h6H,4-5H2,1-3H3. The number of imidazole rings is 1. The fourth-order valence-corrected chi connectivity index (χ4v) is 1.88. The first-order valence-corrected chi connectivity index (χ1v) is 5.65. The molecule has 0 unspecified atom stereocenters.